The predicted molar refractivity (Wildman–Crippen MR) is 133 cm³/mol. The first-order valence-electron chi connectivity index (χ1n) is 12.6. The van der Waals surface area contributed by atoms with Crippen LogP contribution in [0.3, 0.4) is 0 Å². The summed E-state index contributed by atoms with van der Waals surface area (Å²) in [6.45, 7) is 3.44. The highest BCUT2D eigenvalue weighted by Crippen LogP contribution is 2.70. The van der Waals surface area contributed by atoms with E-state index in [1.165, 1.54) is 0 Å². The van der Waals surface area contributed by atoms with Crippen LogP contribution < -0.4 is 0 Å². The number of carbonyl (C=O) groups is 2. The summed E-state index contributed by atoms with van der Waals surface area (Å²) in [4.78, 5) is 25.6. The maximum atomic E-state index is 13.5. The van der Waals surface area contributed by atoms with Crippen molar-refractivity contribution >= 4 is 34.8 Å². The van der Waals surface area contributed by atoms with Gasteiger partial charge in [0.15, 0.2) is 23.5 Å². The molecule has 1 unspecified atom stereocenters. The minimum Gasteiger partial charge on any atom is -0.393 e. The second kappa shape index (κ2) is 8.23. The van der Waals surface area contributed by atoms with E-state index in [1.54, 1.807) is 30.4 Å². The molecule has 0 aromatic heterocycles. The van der Waals surface area contributed by atoms with Gasteiger partial charge in [-0.15, -0.1) is 0 Å². The molecule has 0 spiro atoms. The molecule has 1 aliphatic heterocycles. The molecule has 1 aromatic carbocycles. The zero-order valence-electron chi connectivity index (χ0n) is 20.2. The molecule has 0 radical (unpaired) electrons. The third kappa shape index (κ3) is 3.12. The van der Waals surface area contributed by atoms with Crippen molar-refractivity contribution in [3.05, 3.63) is 57.6 Å². The van der Waals surface area contributed by atoms with Crippen molar-refractivity contribution in [2.75, 3.05) is 6.61 Å². The highest BCUT2D eigenvalue weighted by molar-refractivity contribution is 6.35. The van der Waals surface area contributed by atoms with Crippen LogP contribution in [0.15, 0.2) is 42.0 Å². The van der Waals surface area contributed by atoms with E-state index in [9.17, 15) is 19.8 Å². The number of aliphatic hydroxyl groups excluding tert-OH is 2. The van der Waals surface area contributed by atoms with E-state index in [-0.39, 0.29) is 23.5 Å². The Kier molecular flexibility index (Phi) is 5.66. The number of ether oxygens (including phenoxy) is 2. The Morgan fingerprint density at radius 1 is 1.25 bits per heavy atom. The number of carbonyl (C=O) groups excluding carboxylic acids is 2. The molecule has 3 saturated carbocycles. The fourth-order valence-electron chi connectivity index (χ4n) is 8.52. The van der Waals surface area contributed by atoms with Crippen molar-refractivity contribution in [3.63, 3.8) is 0 Å². The lowest BCUT2D eigenvalue weighted by Crippen LogP contribution is -2.63. The summed E-state index contributed by atoms with van der Waals surface area (Å²) in [7, 11) is 0. The van der Waals surface area contributed by atoms with Crippen molar-refractivity contribution in [1.82, 2.24) is 0 Å². The molecule has 8 heteroatoms. The fourth-order valence-corrected chi connectivity index (χ4v) is 9.01. The molecule has 5 aliphatic rings. The van der Waals surface area contributed by atoms with Gasteiger partial charge in [-0.3, -0.25) is 9.59 Å². The van der Waals surface area contributed by atoms with Crippen LogP contribution in [0.1, 0.15) is 51.4 Å². The summed E-state index contributed by atoms with van der Waals surface area (Å²) in [6.07, 6.45) is 5.61. The van der Waals surface area contributed by atoms with E-state index in [0.29, 0.717) is 28.5 Å². The topological polar surface area (TPSA) is 93.1 Å². The van der Waals surface area contributed by atoms with E-state index in [2.05, 4.69) is 6.92 Å². The monoisotopic (exact) mass is 532 g/mol. The van der Waals surface area contributed by atoms with Gasteiger partial charge in [0.05, 0.1) is 17.2 Å². The van der Waals surface area contributed by atoms with Gasteiger partial charge in [-0.05, 0) is 61.8 Å². The van der Waals surface area contributed by atoms with E-state index < -0.39 is 47.3 Å². The molecule has 1 saturated heterocycles. The molecule has 4 aliphatic carbocycles. The van der Waals surface area contributed by atoms with Crippen molar-refractivity contribution in [1.29, 1.82) is 0 Å². The Hall–Kier alpha value is -1.54. The number of halogens is 2. The number of hydrogen-bond donors (Lipinski definition) is 2. The third-order valence-corrected chi connectivity index (χ3v) is 10.6. The average molecular weight is 533 g/mol. The molecular weight excluding hydrogens is 503 g/mol. The number of ketones is 2. The molecule has 36 heavy (non-hydrogen) atoms. The lowest BCUT2D eigenvalue weighted by molar-refractivity contribution is -0.201. The number of Topliss-reactive ketones (excluding diaryl/α,β-unsaturated/α-hetero) is 1. The van der Waals surface area contributed by atoms with Crippen LogP contribution >= 0.6 is 23.2 Å². The summed E-state index contributed by atoms with van der Waals surface area (Å²) in [5.41, 5.74) is -0.918. The lowest BCUT2D eigenvalue weighted by atomic mass is 9.46. The van der Waals surface area contributed by atoms with E-state index >= 15 is 0 Å². The zero-order chi connectivity index (χ0) is 25.6. The van der Waals surface area contributed by atoms with Gasteiger partial charge in [-0.25, -0.2) is 0 Å². The minimum atomic E-state index is -1.40. The SMILES string of the molecule is C[C@]12C=CC(=O)C=C1CC[C@@H]1[C@@H]2[C@@H](O)C[C@@]2(C)[C@H]1C[C@H]1OC(c3ccc(Cl)cc3Cl)O[C@]12C(=O)CO. The summed E-state index contributed by atoms with van der Waals surface area (Å²) in [5.74, 6) is -0.370. The molecule has 9 atom stereocenters. The molecule has 0 bridgehead atoms. The summed E-state index contributed by atoms with van der Waals surface area (Å²) in [5, 5.41) is 22.6. The lowest BCUT2D eigenvalue weighted by Gasteiger charge is -2.59. The largest absolute Gasteiger partial charge is 0.393 e. The minimum absolute atomic E-state index is 0.00680. The van der Waals surface area contributed by atoms with Gasteiger partial charge in [-0.1, -0.05) is 54.8 Å². The first-order valence-corrected chi connectivity index (χ1v) is 13.4. The third-order valence-electron chi connectivity index (χ3n) is 10.0. The average Bonchev–Trinajstić information content (AvgIpc) is 3.31. The number of allylic oxidation sites excluding steroid dienone is 4. The first-order chi connectivity index (χ1) is 17.0. The Balaban J connectivity index is 1.40. The molecule has 1 aromatic rings. The molecule has 6 rings (SSSR count). The molecular formula is C28H30Cl2O6. The molecule has 2 N–H and O–H groups in total. The van der Waals surface area contributed by atoms with E-state index in [4.69, 9.17) is 32.7 Å². The number of rotatable bonds is 3. The van der Waals surface area contributed by atoms with Crippen LogP contribution in [0.2, 0.25) is 10.0 Å². The van der Waals surface area contributed by atoms with Gasteiger partial charge in [0.25, 0.3) is 0 Å². The Bertz CT molecular complexity index is 1210. The zero-order valence-corrected chi connectivity index (χ0v) is 21.8. The van der Waals surface area contributed by atoms with E-state index in [1.807, 2.05) is 13.0 Å². The second-order valence-electron chi connectivity index (χ2n) is 11.5. The Morgan fingerprint density at radius 2 is 2.03 bits per heavy atom. The second-order valence-corrected chi connectivity index (χ2v) is 12.3. The summed E-state index contributed by atoms with van der Waals surface area (Å²) in [6, 6.07) is 5.03. The van der Waals surface area contributed by atoms with Gasteiger partial charge in [-0.2, -0.15) is 0 Å². The number of aliphatic hydroxyl groups is 2. The van der Waals surface area contributed by atoms with Gasteiger partial charge in [0.2, 0.25) is 0 Å². The number of benzene rings is 1. The molecule has 0 amide bonds. The van der Waals surface area contributed by atoms with Crippen LogP contribution in [0, 0.1) is 28.6 Å². The fraction of sp³-hybridized carbons (Fsp3) is 0.571. The summed E-state index contributed by atoms with van der Waals surface area (Å²) < 4.78 is 12.9. The maximum Gasteiger partial charge on any atom is 0.193 e. The van der Waals surface area contributed by atoms with Crippen molar-refractivity contribution in [3.8, 4) is 0 Å². The Labute approximate surface area is 220 Å². The van der Waals surface area contributed by atoms with Crippen LogP contribution in [-0.2, 0) is 19.1 Å². The predicted octanol–water partition coefficient (Wildman–Crippen LogP) is 4.60. The van der Waals surface area contributed by atoms with Crippen molar-refractivity contribution in [2.45, 2.75) is 63.6 Å². The molecule has 192 valence electrons. The van der Waals surface area contributed by atoms with Gasteiger partial charge < -0.3 is 19.7 Å². The molecule has 1 heterocycles. The van der Waals surface area contributed by atoms with Gasteiger partial charge in [0, 0.05) is 27.3 Å². The van der Waals surface area contributed by atoms with Crippen LogP contribution in [0.4, 0.5) is 0 Å². The number of hydrogen-bond acceptors (Lipinski definition) is 6. The van der Waals surface area contributed by atoms with Crippen LogP contribution in [-0.4, -0.2) is 46.2 Å². The maximum absolute atomic E-state index is 13.5. The molecule has 4 fully saturated rings. The van der Waals surface area contributed by atoms with Crippen molar-refractivity contribution in [2.24, 2.45) is 28.6 Å². The van der Waals surface area contributed by atoms with Crippen molar-refractivity contribution < 1.29 is 29.3 Å². The summed E-state index contributed by atoms with van der Waals surface area (Å²) >= 11 is 12.5. The van der Waals surface area contributed by atoms with Gasteiger partial charge >= 0.3 is 0 Å². The first kappa shape index (κ1) is 24.8. The highest BCUT2D eigenvalue weighted by atomic mass is 35.5. The van der Waals surface area contributed by atoms with E-state index in [0.717, 1.165) is 18.4 Å². The van der Waals surface area contributed by atoms with Crippen LogP contribution in [0.5, 0.6) is 0 Å². The molecule has 6 nitrogen and oxygen atoms in total. The highest BCUT2D eigenvalue weighted by Gasteiger charge is 2.75. The van der Waals surface area contributed by atoms with Crippen LogP contribution in [0.25, 0.3) is 0 Å². The normalized spacial score (nSPS) is 44.9. The number of fused-ring (bicyclic) bond motifs is 7. The smallest absolute Gasteiger partial charge is 0.193 e. The Morgan fingerprint density at radius 3 is 2.75 bits per heavy atom. The standard InChI is InChI=1S/C28H30Cl2O6/c1-26-8-7-16(32)9-14(26)3-5-17-19-11-23-28(22(34)13-31,27(19,2)12-21(33)24(17)26)36-25(35-23)18-6-4-15(29)10-20(18)30/h4,6-10,17,19,21,23-25,31,33H,3,5,11-13H2,1-2H3/t17-,19-,21-,23+,24+,25?,26-,27-,28+/m0/s1. The quantitative estimate of drug-likeness (QED) is 0.591. The van der Waals surface area contributed by atoms with Gasteiger partial charge in [0.1, 0.15) is 6.61 Å².